The number of aromatic nitrogens is 2. The van der Waals surface area contributed by atoms with Gasteiger partial charge in [0.1, 0.15) is 54.1 Å². The highest BCUT2D eigenvalue weighted by atomic mass is 16.4. The summed E-state index contributed by atoms with van der Waals surface area (Å²) in [4.78, 5) is 152. The molecule has 0 saturated heterocycles. The van der Waals surface area contributed by atoms with E-state index in [-0.39, 0.29) is 62.0 Å². The Morgan fingerprint density at radius 2 is 0.974 bits per heavy atom. The first-order valence-electron chi connectivity index (χ1n) is 25.1. The van der Waals surface area contributed by atoms with E-state index in [2.05, 4.69) is 52.5 Å². The predicted molar refractivity (Wildman–Crippen MR) is 273 cm³/mol. The number of H-pyrrole nitrogens is 1. The smallest absolute Gasteiger partial charge is 0.326 e. The Hall–Kier alpha value is -7.64. The predicted octanol–water partition coefficient (Wildman–Crippen LogP) is -0.656. The minimum atomic E-state index is -1.88. The molecule has 0 aliphatic rings. The second-order valence-electron chi connectivity index (χ2n) is 20.3. The van der Waals surface area contributed by atoms with Crippen molar-refractivity contribution in [3.05, 3.63) is 48.0 Å². The van der Waals surface area contributed by atoms with E-state index in [1.807, 2.05) is 0 Å². The Morgan fingerprint density at radius 3 is 1.46 bits per heavy atom. The number of nitrogens with zero attached hydrogens (tertiary/aromatic N) is 1. The van der Waals surface area contributed by atoms with Gasteiger partial charge in [-0.25, -0.2) is 9.78 Å². The van der Waals surface area contributed by atoms with Crippen LogP contribution in [0.5, 0.6) is 5.75 Å². The average Bonchev–Trinajstić information content (AvgIpc) is 3.84. The Morgan fingerprint density at radius 1 is 0.526 bits per heavy atom. The molecule has 0 radical (unpaired) electrons. The highest BCUT2D eigenvalue weighted by Gasteiger charge is 2.36. The largest absolute Gasteiger partial charge is 0.508 e. The fourth-order valence-electron chi connectivity index (χ4n) is 7.62. The van der Waals surface area contributed by atoms with Gasteiger partial charge in [-0.3, -0.25) is 47.9 Å². The average molecular weight is 1070 g/mol. The van der Waals surface area contributed by atoms with Crippen LogP contribution in [0.1, 0.15) is 112 Å². The fourth-order valence-corrected chi connectivity index (χ4v) is 7.62. The molecule has 0 spiro atoms. The third-order valence-corrected chi connectivity index (χ3v) is 11.6. The molecule has 422 valence electrons. The number of aromatic hydroxyl groups is 1. The van der Waals surface area contributed by atoms with E-state index in [1.165, 1.54) is 43.7 Å². The molecule has 0 saturated carbocycles. The number of carboxylic acids is 3. The van der Waals surface area contributed by atoms with Gasteiger partial charge in [-0.2, -0.15) is 0 Å². The van der Waals surface area contributed by atoms with Gasteiger partial charge in [0.2, 0.25) is 47.3 Å². The van der Waals surface area contributed by atoms with Gasteiger partial charge in [-0.15, -0.1) is 0 Å². The maximum atomic E-state index is 14.3. The van der Waals surface area contributed by atoms with Crippen LogP contribution in [0.15, 0.2) is 36.8 Å². The number of nitrogens with two attached hydrogens (primary N) is 1. The lowest BCUT2D eigenvalue weighted by Crippen LogP contribution is -2.61. The number of amides is 8. The van der Waals surface area contributed by atoms with E-state index in [0.717, 1.165) is 0 Å². The lowest BCUT2D eigenvalue weighted by atomic mass is 9.98. The van der Waals surface area contributed by atoms with Gasteiger partial charge < -0.3 is 73.7 Å². The molecule has 2 aromatic rings. The van der Waals surface area contributed by atoms with E-state index in [1.54, 1.807) is 55.4 Å². The molecule has 9 atom stereocenters. The summed E-state index contributed by atoms with van der Waals surface area (Å²) in [6.07, 6.45) is 0.758. The van der Waals surface area contributed by atoms with Crippen LogP contribution in [0.25, 0.3) is 0 Å². The number of imidazole rings is 1. The quantitative estimate of drug-likeness (QED) is 0.0422. The van der Waals surface area contributed by atoms with Crippen LogP contribution < -0.4 is 48.3 Å². The molecule has 76 heavy (non-hydrogen) atoms. The number of phenols is 1. The number of hydrogen-bond donors (Lipinski definition) is 14. The topological polar surface area (TPSA) is 420 Å². The molecule has 26 heteroatoms. The lowest BCUT2D eigenvalue weighted by molar-refractivity contribution is -0.143. The van der Waals surface area contributed by atoms with E-state index in [9.17, 15) is 68.1 Å². The van der Waals surface area contributed by atoms with Gasteiger partial charge in [0.15, 0.2) is 0 Å². The van der Waals surface area contributed by atoms with E-state index >= 15 is 0 Å². The summed E-state index contributed by atoms with van der Waals surface area (Å²) in [6.45, 7) is 15.1. The molecule has 0 fully saturated rings. The number of carbonyl (C=O) groups excluding carboxylic acids is 8. The third-order valence-electron chi connectivity index (χ3n) is 11.6. The first-order valence-corrected chi connectivity index (χ1v) is 25.1. The highest BCUT2D eigenvalue weighted by molar-refractivity contribution is 5.99. The lowest BCUT2D eigenvalue weighted by Gasteiger charge is -2.29. The molecule has 1 aromatic carbocycles. The summed E-state index contributed by atoms with van der Waals surface area (Å²) < 4.78 is 0. The third kappa shape index (κ3) is 23.3. The number of phenolic OH excluding ortho intramolecular Hbond substituents is 1. The Kier molecular flexibility index (Phi) is 26.5. The van der Waals surface area contributed by atoms with E-state index < -0.39 is 138 Å². The number of rotatable bonds is 33. The van der Waals surface area contributed by atoms with Crippen LogP contribution in [-0.4, -0.2) is 150 Å². The monoisotopic (exact) mass is 1070 g/mol. The summed E-state index contributed by atoms with van der Waals surface area (Å²) >= 11 is 0. The molecule has 26 nitrogen and oxygen atoms in total. The second kappa shape index (κ2) is 31.3. The number of benzene rings is 1. The van der Waals surface area contributed by atoms with Crippen LogP contribution in [0.4, 0.5) is 0 Å². The number of nitrogens with one attached hydrogen (secondary N) is 9. The number of aromatic amines is 1. The van der Waals surface area contributed by atoms with E-state index in [0.29, 0.717) is 11.3 Å². The van der Waals surface area contributed by atoms with Crippen molar-refractivity contribution >= 4 is 65.2 Å². The van der Waals surface area contributed by atoms with Gasteiger partial charge in [0.05, 0.1) is 18.8 Å². The maximum Gasteiger partial charge on any atom is 0.326 e. The van der Waals surface area contributed by atoms with Crippen molar-refractivity contribution in [2.45, 2.75) is 168 Å². The van der Waals surface area contributed by atoms with Crippen LogP contribution in [-0.2, 0) is 65.6 Å². The molecule has 2 rings (SSSR count). The Bertz CT molecular complexity index is 2310. The fraction of sp³-hybridized carbons (Fsp3) is 0.600. The zero-order chi connectivity index (χ0) is 57.6. The van der Waals surface area contributed by atoms with Crippen molar-refractivity contribution < 1.29 is 73.2 Å². The van der Waals surface area contributed by atoms with Crippen LogP contribution >= 0.6 is 0 Å². The molecule has 0 bridgehead atoms. The second-order valence-corrected chi connectivity index (χ2v) is 20.3. The SMILES string of the molecule is CC(C)C[C@H](NC(=O)[C@H](CC(C)C)NC(=O)[C@@H](NC(=O)[C@H](CC(=O)O)NC(=O)[C@H](Cc1ccc(O)cc1)NC(=O)[C@H](Cc1cnc[nH]1)NC(=O)[C@H](C)NC(=O)[C@H](CC(C)C)NC(=O)[C@@H](N)CCC(=O)O)C(C)C)C(=O)O. The molecule has 0 unspecified atom stereocenters. The molecular weight excluding hydrogens is 995 g/mol. The Balaban J connectivity index is 2.45. The molecule has 0 aliphatic carbocycles. The first-order chi connectivity index (χ1) is 35.5. The van der Waals surface area contributed by atoms with Gasteiger partial charge >= 0.3 is 17.9 Å². The van der Waals surface area contributed by atoms with Crippen molar-refractivity contribution in [3.63, 3.8) is 0 Å². The number of carbonyl (C=O) groups is 11. The first kappa shape index (κ1) is 64.5. The van der Waals surface area contributed by atoms with Crippen molar-refractivity contribution in [2.75, 3.05) is 0 Å². The summed E-state index contributed by atoms with van der Waals surface area (Å²) in [5, 5.41) is 58.6. The minimum absolute atomic E-state index is 0.0772. The molecule has 1 aromatic heterocycles. The van der Waals surface area contributed by atoms with Crippen LogP contribution in [0.2, 0.25) is 0 Å². The maximum absolute atomic E-state index is 14.3. The van der Waals surface area contributed by atoms with Gasteiger partial charge in [0.25, 0.3) is 0 Å². The minimum Gasteiger partial charge on any atom is -0.508 e. The molecule has 0 aliphatic heterocycles. The van der Waals surface area contributed by atoms with Crippen LogP contribution in [0.3, 0.4) is 0 Å². The number of hydrogen-bond acceptors (Lipinski definition) is 14. The Labute approximate surface area is 441 Å². The van der Waals surface area contributed by atoms with Crippen molar-refractivity contribution in [2.24, 2.45) is 29.4 Å². The van der Waals surface area contributed by atoms with Gasteiger partial charge in [0, 0.05) is 31.2 Å². The molecular formula is C50H77N11O15. The van der Waals surface area contributed by atoms with Crippen LogP contribution in [0, 0.1) is 23.7 Å². The summed E-state index contributed by atoms with van der Waals surface area (Å²) in [6, 6.07) is -7.25. The van der Waals surface area contributed by atoms with Gasteiger partial charge in [-0.05, 0) is 74.0 Å². The zero-order valence-corrected chi connectivity index (χ0v) is 44.4. The summed E-state index contributed by atoms with van der Waals surface area (Å²) in [7, 11) is 0. The van der Waals surface area contributed by atoms with Crippen molar-refractivity contribution in [1.82, 2.24) is 52.5 Å². The number of aliphatic carboxylic acids is 3. The molecule has 15 N–H and O–H groups in total. The van der Waals surface area contributed by atoms with Gasteiger partial charge in [-0.1, -0.05) is 67.5 Å². The summed E-state index contributed by atoms with van der Waals surface area (Å²) in [5.41, 5.74) is 6.56. The summed E-state index contributed by atoms with van der Waals surface area (Å²) in [5.74, 6) is -12.6. The number of carboxylic acid groups (broad SMARTS) is 3. The highest BCUT2D eigenvalue weighted by Crippen LogP contribution is 2.15. The van der Waals surface area contributed by atoms with Crippen molar-refractivity contribution in [1.29, 1.82) is 0 Å². The van der Waals surface area contributed by atoms with Crippen molar-refractivity contribution in [3.8, 4) is 5.75 Å². The molecule has 8 amide bonds. The normalized spacial score (nSPS) is 14.9. The molecule has 1 heterocycles. The van der Waals surface area contributed by atoms with E-state index in [4.69, 9.17) is 10.8 Å². The zero-order valence-electron chi connectivity index (χ0n) is 44.4. The standard InChI is InChI=1S/C50H77N11O15/c1-24(2)16-33(56-43(68)32(51)14-15-39(63)64)44(69)54-28(9)42(67)55-36(20-30-22-52-23-53-30)47(72)57-35(19-29-10-12-31(62)13-11-29)46(71)58-37(21-40(65)66)48(73)61-41(27(7)8)49(74)59-34(17-25(3)4)45(70)60-38(50(75)76)18-26(5)6/h10-13,22-28,32-38,41,62H,14-21,51H2,1-9H3,(H,52,53)(H,54,69)(H,55,67)(H,56,68)(H,57,72)(H,58,71)(H,59,74)(H,60,70)(H,61,73)(H,63,64)(H,65,66)(H,75,76)/t28-,32-,33-,34-,35-,36-,37-,38-,41-/m0/s1.